The van der Waals surface area contributed by atoms with E-state index in [4.69, 9.17) is 4.74 Å². The SMILES string of the molecule is CN1C(C)(C)CC(Nc2nc(Nc3cc(F)cc(OCCCn4cccc4)c3)ncc2F)CC1(C)C. The number of nitrogens with zero attached hydrogens (tertiary/aromatic N) is 4. The van der Waals surface area contributed by atoms with Crippen molar-refractivity contribution in [3.8, 4) is 5.75 Å². The minimum Gasteiger partial charge on any atom is -0.493 e. The lowest BCUT2D eigenvalue weighted by molar-refractivity contribution is -0.00778. The Hall–Kier alpha value is -3.20. The summed E-state index contributed by atoms with van der Waals surface area (Å²) in [6.45, 7) is 10.0. The largest absolute Gasteiger partial charge is 0.493 e. The first-order chi connectivity index (χ1) is 17.0. The summed E-state index contributed by atoms with van der Waals surface area (Å²) in [4.78, 5) is 10.8. The van der Waals surface area contributed by atoms with Gasteiger partial charge in [0.05, 0.1) is 12.8 Å². The summed E-state index contributed by atoms with van der Waals surface area (Å²) in [6, 6.07) is 8.33. The van der Waals surface area contributed by atoms with E-state index in [1.807, 2.05) is 24.5 Å². The molecule has 1 saturated heterocycles. The molecule has 1 aliphatic rings. The van der Waals surface area contributed by atoms with E-state index >= 15 is 0 Å². The Morgan fingerprint density at radius 3 is 2.44 bits per heavy atom. The molecule has 0 spiro atoms. The van der Waals surface area contributed by atoms with E-state index in [2.05, 4.69) is 64.8 Å². The Labute approximate surface area is 211 Å². The summed E-state index contributed by atoms with van der Waals surface area (Å²) in [7, 11) is 2.13. The van der Waals surface area contributed by atoms with Crippen LogP contribution >= 0.6 is 0 Å². The van der Waals surface area contributed by atoms with E-state index < -0.39 is 11.6 Å². The van der Waals surface area contributed by atoms with Crippen molar-refractivity contribution < 1.29 is 13.5 Å². The second-order valence-electron chi connectivity index (χ2n) is 10.7. The van der Waals surface area contributed by atoms with Crippen LogP contribution in [0.4, 0.5) is 26.2 Å². The van der Waals surface area contributed by atoms with Crippen molar-refractivity contribution in [2.75, 3.05) is 24.3 Å². The lowest BCUT2D eigenvalue weighted by Gasteiger charge is -2.53. The van der Waals surface area contributed by atoms with Gasteiger partial charge in [-0.05, 0) is 72.2 Å². The molecule has 1 fully saturated rings. The fraction of sp³-hybridized carbons (Fsp3) is 0.481. The molecule has 1 aromatic carbocycles. The standard InChI is InChI=1S/C27H36F2N6O/c1-26(2)16-21(17-27(3,4)34(26)5)31-24-23(29)18-30-25(33-24)32-20-13-19(28)14-22(15-20)36-12-8-11-35-9-6-7-10-35/h6-7,9-10,13-15,18,21H,8,11-12,16-17H2,1-5H3,(H2,30,31,32,33). The Morgan fingerprint density at radius 2 is 1.75 bits per heavy atom. The summed E-state index contributed by atoms with van der Waals surface area (Å²) in [5.41, 5.74) is 0.322. The average molecular weight is 499 g/mol. The van der Waals surface area contributed by atoms with Crippen LogP contribution in [0, 0.1) is 11.6 Å². The van der Waals surface area contributed by atoms with Gasteiger partial charge in [-0.15, -0.1) is 0 Å². The summed E-state index contributed by atoms with van der Waals surface area (Å²) in [6.07, 6.45) is 7.58. The van der Waals surface area contributed by atoms with Crippen LogP contribution in [-0.2, 0) is 6.54 Å². The number of hydrogen-bond donors (Lipinski definition) is 2. The van der Waals surface area contributed by atoms with Gasteiger partial charge in [-0.2, -0.15) is 4.98 Å². The molecule has 0 aliphatic carbocycles. The number of ether oxygens (including phenoxy) is 1. The zero-order valence-corrected chi connectivity index (χ0v) is 21.7. The molecule has 194 valence electrons. The maximum absolute atomic E-state index is 14.6. The zero-order chi connectivity index (χ0) is 25.9. The molecule has 3 heterocycles. The molecule has 4 rings (SSSR count). The number of aromatic nitrogens is 3. The van der Waals surface area contributed by atoms with Gasteiger partial charge in [-0.3, -0.25) is 4.90 Å². The Kier molecular flexibility index (Phi) is 7.49. The van der Waals surface area contributed by atoms with Crippen molar-refractivity contribution in [1.82, 2.24) is 19.4 Å². The van der Waals surface area contributed by atoms with Crippen LogP contribution in [0.25, 0.3) is 0 Å². The zero-order valence-electron chi connectivity index (χ0n) is 21.7. The first-order valence-corrected chi connectivity index (χ1v) is 12.4. The molecule has 36 heavy (non-hydrogen) atoms. The van der Waals surface area contributed by atoms with Crippen molar-refractivity contribution in [3.63, 3.8) is 0 Å². The van der Waals surface area contributed by atoms with Crippen molar-refractivity contribution >= 4 is 17.5 Å². The molecule has 0 radical (unpaired) electrons. The predicted molar refractivity (Wildman–Crippen MR) is 139 cm³/mol. The fourth-order valence-electron chi connectivity index (χ4n) is 5.00. The van der Waals surface area contributed by atoms with Gasteiger partial charge in [-0.25, -0.2) is 13.8 Å². The van der Waals surface area contributed by atoms with Gasteiger partial charge in [0.1, 0.15) is 11.6 Å². The molecule has 9 heteroatoms. The molecule has 0 atom stereocenters. The van der Waals surface area contributed by atoms with Crippen LogP contribution in [-0.4, -0.2) is 50.2 Å². The van der Waals surface area contributed by atoms with E-state index in [0.29, 0.717) is 18.0 Å². The van der Waals surface area contributed by atoms with Crippen LogP contribution in [0.2, 0.25) is 0 Å². The third-order valence-electron chi connectivity index (χ3n) is 7.02. The maximum Gasteiger partial charge on any atom is 0.229 e. The van der Waals surface area contributed by atoms with Gasteiger partial charge in [0.25, 0.3) is 0 Å². The first kappa shape index (κ1) is 25.9. The molecule has 7 nitrogen and oxygen atoms in total. The van der Waals surface area contributed by atoms with E-state index in [-0.39, 0.29) is 28.9 Å². The third kappa shape index (κ3) is 6.32. The van der Waals surface area contributed by atoms with Crippen molar-refractivity contribution in [1.29, 1.82) is 0 Å². The third-order valence-corrected chi connectivity index (χ3v) is 7.02. The minimum atomic E-state index is -0.527. The van der Waals surface area contributed by atoms with Crippen LogP contribution in [0.15, 0.2) is 48.9 Å². The Bertz CT molecular complexity index is 1150. The number of rotatable bonds is 9. The van der Waals surface area contributed by atoms with E-state index in [0.717, 1.165) is 32.0 Å². The number of nitrogens with one attached hydrogen (secondary N) is 2. The van der Waals surface area contributed by atoms with Crippen LogP contribution < -0.4 is 15.4 Å². The topological polar surface area (TPSA) is 67.2 Å². The smallest absolute Gasteiger partial charge is 0.229 e. The molecule has 0 amide bonds. The molecule has 2 aromatic heterocycles. The quantitative estimate of drug-likeness (QED) is 0.362. The molecule has 0 saturated carbocycles. The predicted octanol–water partition coefficient (Wildman–Crippen LogP) is 5.83. The van der Waals surface area contributed by atoms with Crippen LogP contribution in [0.1, 0.15) is 47.0 Å². The average Bonchev–Trinajstić information content (AvgIpc) is 3.30. The second-order valence-corrected chi connectivity index (χ2v) is 10.7. The molecule has 0 bridgehead atoms. The molecule has 3 aromatic rings. The summed E-state index contributed by atoms with van der Waals surface area (Å²) in [5, 5.41) is 6.26. The number of piperidine rings is 1. The highest BCUT2D eigenvalue weighted by Crippen LogP contribution is 2.38. The number of anilines is 3. The summed E-state index contributed by atoms with van der Waals surface area (Å²) >= 11 is 0. The number of benzene rings is 1. The van der Waals surface area contributed by atoms with Crippen LogP contribution in [0.3, 0.4) is 0 Å². The highest BCUT2D eigenvalue weighted by Gasteiger charge is 2.43. The van der Waals surface area contributed by atoms with Gasteiger partial charge in [0, 0.05) is 53.9 Å². The fourth-order valence-corrected chi connectivity index (χ4v) is 5.00. The molecular weight excluding hydrogens is 462 g/mol. The minimum absolute atomic E-state index is 0.0455. The Balaban J connectivity index is 1.41. The van der Waals surface area contributed by atoms with Gasteiger partial charge >= 0.3 is 0 Å². The summed E-state index contributed by atoms with van der Waals surface area (Å²) < 4.78 is 36.7. The molecule has 1 aliphatic heterocycles. The highest BCUT2D eigenvalue weighted by molar-refractivity contribution is 5.57. The Morgan fingerprint density at radius 1 is 1.06 bits per heavy atom. The van der Waals surface area contributed by atoms with E-state index in [9.17, 15) is 8.78 Å². The van der Waals surface area contributed by atoms with Gasteiger partial charge in [0.15, 0.2) is 11.6 Å². The maximum atomic E-state index is 14.6. The van der Waals surface area contributed by atoms with Crippen molar-refractivity contribution in [2.24, 2.45) is 0 Å². The normalized spacial score (nSPS) is 17.6. The number of likely N-dealkylation sites (tertiary alicyclic amines) is 1. The van der Waals surface area contributed by atoms with Crippen molar-refractivity contribution in [2.45, 2.75) is 70.6 Å². The van der Waals surface area contributed by atoms with Crippen molar-refractivity contribution in [3.05, 3.63) is 60.6 Å². The number of hydrogen-bond acceptors (Lipinski definition) is 6. The van der Waals surface area contributed by atoms with Gasteiger partial charge < -0.3 is 19.9 Å². The van der Waals surface area contributed by atoms with Gasteiger partial charge in [-0.1, -0.05) is 0 Å². The number of aryl methyl sites for hydroxylation is 1. The van der Waals surface area contributed by atoms with Crippen LogP contribution in [0.5, 0.6) is 5.75 Å². The first-order valence-electron chi connectivity index (χ1n) is 12.4. The van der Waals surface area contributed by atoms with Gasteiger partial charge in [0.2, 0.25) is 5.95 Å². The van der Waals surface area contributed by atoms with E-state index in [1.165, 1.54) is 12.1 Å². The number of halogens is 2. The lowest BCUT2D eigenvalue weighted by Crippen LogP contribution is -2.61. The molecule has 2 N–H and O–H groups in total. The summed E-state index contributed by atoms with van der Waals surface area (Å²) in [5.74, 6) is -0.264. The highest BCUT2D eigenvalue weighted by atomic mass is 19.1. The monoisotopic (exact) mass is 498 g/mol. The molecule has 0 unspecified atom stereocenters. The van der Waals surface area contributed by atoms with E-state index in [1.54, 1.807) is 6.07 Å². The molecular formula is C27H36F2N6O. The lowest BCUT2D eigenvalue weighted by atomic mass is 9.77. The second kappa shape index (κ2) is 10.4.